The number of Topliss-reactive ketones (excluding diaryl/α,β-unsaturated/α-hetero) is 1. The summed E-state index contributed by atoms with van der Waals surface area (Å²) >= 11 is 6.16. The molecule has 2 aromatic carbocycles. The van der Waals surface area contributed by atoms with Crippen molar-refractivity contribution in [2.24, 2.45) is 0 Å². The molecule has 0 aliphatic carbocycles. The van der Waals surface area contributed by atoms with Crippen LogP contribution in [0.5, 0.6) is 0 Å². The first-order valence-corrected chi connectivity index (χ1v) is 9.48. The third-order valence-electron chi connectivity index (χ3n) is 3.72. The number of hydrogen-bond acceptors (Lipinski definition) is 3. The van der Waals surface area contributed by atoms with E-state index in [0.29, 0.717) is 16.1 Å². The van der Waals surface area contributed by atoms with Gasteiger partial charge >= 0.3 is 0 Å². The number of carbonyl (C=O) groups is 2. The number of benzene rings is 2. The molecule has 0 amide bonds. The van der Waals surface area contributed by atoms with Crippen LogP contribution >= 0.6 is 11.6 Å². The molecule has 0 radical (unpaired) electrons. The maximum absolute atomic E-state index is 12.2. The molecule has 3 nitrogen and oxygen atoms in total. The molecular weight excluding hydrogens is 372 g/mol. The first-order valence-electron chi connectivity index (χ1n) is 9.10. The smallest absolute Gasteiger partial charge is 0.164 e. The van der Waals surface area contributed by atoms with Crippen LogP contribution in [0.25, 0.3) is 16.9 Å². The highest BCUT2D eigenvalue weighted by Gasteiger charge is 2.19. The van der Waals surface area contributed by atoms with Crippen LogP contribution in [0.15, 0.2) is 49.0 Å². The summed E-state index contributed by atoms with van der Waals surface area (Å²) in [6.45, 7) is 14.6. The monoisotopic (exact) mass is 400 g/mol. The molecule has 0 unspecified atom stereocenters. The predicted molar refractivity (Wildman–Crippen MR) is 121 cm³/mol. The number of aryl methyl sites for hydroxylation is 1. The number of rotatable bonds is 4. The molecule has 0 aliphatic heterocycles. The molecule has 0 saturated heterocycles. The zero-order chi connectivity index (χ0) is 21.9. The zero-order valence-corrected chi connectivity index (χ0v) is 18.2. The van der Waals surface area contributed by atoms with Crippen molar-refractivity contribution in [2.75, 3.05) is 0 Å². The minimum absolute atomic E-state index is 0.106. The van der Waals surface area contributed by atoms with Gasteiger partial charge in [0, 0.05) is 5.56 Å². The second-order valence-electron chi connectivity index (χ2n) is 5.81. The lowest BCUT2D eigenvalue weighted by atomic mass is 9.91. The molecule has 2 aromatic rings. The molecule has 0 aromatic heterocycles. The van der Waals surface area contributed by atoms with Gasteiger partial charge in [-0.2, -0.15) is 0 Å². The third kappa shape index (κ3) is 6.82. The van der Waals surface area contributed by atoms with Crippen molar-refractivity contribution < 1.29 is 14.7 Å². The van der Waals surface area contributed by atoms with Crippen molar-refractivity contribution >= 4 is 40.6 Å². The van der Waals surface area contributed by atoms with Crippen LogP contribution < -0.4 is 0 Å². The van der Waals surface area contributed by atoms with Gasteiger partial charge in [-0.1, -0.05) is 61.9 Å². The van der Waals surface area contributed by atoms with E-state index in [2.05, 4.69) is 6.58 Å². The van der Waals surface area contributed by atoms with Crippen molar-refractivity contribution in [3.8, 4) is 0 Å². The number of aliphatic hydroxyl groups excluding tert-OH is 1. The second kappa shape index (κ2) is 12.7. The second-order valence-corrected chi connectivity index (χ2v) is 6.21. The normalized spacial score (nSPS) is 10.4. The molecule has 0 saturated carbocycles. The largest absolute Gasteiger partial charge is 0.506 e. The Morgan fingerprint density at radius 1 is 1.07 bits per heavy atom. The summed E-state index contributed by atoms with van der Waals surface area (Å²) in [5.74, 6) is -0.325. The molecule has 0 fully saturated rings. The Bertz CT molecular complexity index is 864. The van der Waals surface area contributed by atoms with E-state index in [1.165, 1.54) is 13.8 Å². The summed E-state index contributed by atoms with van der Waals surface area (Å²) in [6, 6.07) is 12.7. The molecule has 28 heavy (non-hydrogen) atoms. The van der Waals surface area contributed by atoms with Crippen LogP contribution in [0.3, 0.4) is 0 Å². The molecule has 0 bridgehead atoms. The number of ketones is 1. The maximum Gasteiger partial charge on any atom is 0.164 e. The van der Waals surface area contributed by atoms with Crippen LogP contribution in [0.1, 0.15) is 56.9 Å². The van der Waals surface area contributed by atoms with Gasteiger partial charge in [-0.3, -0.25) is 4.79 Å². The molecule has 0 heterocycles. The number of aliphatic hydroxyl groups is 1. The highest BCUT2D eigenvalue weighted by atomic mass is 35.5. The van der Waals surface area contributed by atoms with E-state index in [9.17, 15) is 9.90 Å². The lowest BCUT2D eigenvalue weighted by Gasteiger charge is -2.14. The van der Waals surface area contributed by atoms with Gasteiger partial charge < -0.3 is 9.90 Å². The predicted octanol–water partition coefficient (Wildman–Crippen LogP) is 6.93. The Kier molecular flexibility index (Phi) is 11.5. The number of allylic oxidation sites excluding steroid dienone is 2. The zero-order valence-electron chi connectivity index (χ0n) is 17.5. The average Bonchev–Trinajstić information content (AvgIpc) is 2.65. The molecule has 0 spiro atoms. The van der Waals surface area contributed by atoms with Gasteiger partial charge in [0.2, 0.25) is 0 Å². The van der Waals surface area contributed by atoms with Gasteiger partial charge in [-0.05, 0) is 62.6 Å². The summed E-state index contributed by atoms with van der Waals surface area (Å²) in [6.07, 6.45) is 0.750. The van der Waals surface area contributed by atoms with Gasteiger partial charge in [0.25, 0.3) is 0 Å². The fourth-order valence-corrected chi connectivity index (χ4v) is 2.65. The summed E-state index contributed by atoms with van der Waals surface area (Å²) in [5.41, 5.74) is 4.12. The third-order valence-corrected chi connectivity index (χ3v) is 4.05. The minimum atomic E-state index is -0.218. The summed E-state index contributed by atoms with van der Waals surface area (Å²) in [7, 11) is 0. The molecule has 0 atom stereocenters. The quantitative estimate of drug-likeness (QED) is 0.262. The van der Waals surface area contributed by atoms with E-state index >= 15 is 0 Å². The summed E-state index contributed by atoms with van der Waals surface area (Å²) in [5, 5.41) is 11.1. The Hall–Kier alpha value is -2.65. The topological polar surface area (TPSA) is 54.4 Å². The highest BCUT2D eigenvalue weighted by Crippen LogP contribution is 2.32. The van der Waals surface area contributed by atoms with Gasteiger partial charge in [-0.15, -0.1) is 0 Å². The molecule has 150 valence electrons. The summed E-state index contributed by atoms with van der Waals surface area (Å²) in [4.78, 5) is 21.0. The van der Waals surface area contributed by atoms with Crippen LogP contribution in [-0.4, -0.2) is 17.2 Å². The van der Waals surface area contributed by atoms with Crippen molar-refractivity contribution in [2.45, 2.75) is 41.5 Å². The minimum Gasteiger partial charge on any atom is -0.506 e. The average molecular weight is 401 g/mol. The molecule has 4 heteroatoms. The number of halogens is 1. The highest BCUT2D eigenvalue weighted by molar-refractivity contribution is 6.34. The van der Waals surface area contributed by atoms with E-state index in [1.54, 1.807) is 24.3 Å². The fourth-order valence-electron chi connectivity index (χ4n) is 2.43. The lowest BCUT2D eigenvalue weighted by Crippen LogP contribution is -2.04. The number of aldehydes is 1. The van der Waals surface area contributed by atoms with E-state index in [-0.39, 0.29) is 17.1 Å². The van der Waals surface area contributed by atoms with E-state index in [1.807, 2.05) is 45.9 Å². The van der Waals surface area contributed by atoms with Crippen LogP contribution in [-0.2, 0) is 9.59 Å². The fraction of sp³-hybridized carbons (Fsp3) is 0.250. The van der Waals surface area contributed by atoms with Gasteiger partial charge in [0.15, 0.2) is 5.78 Å². The SMILES string of the molecule is C=C(C)c1ccc(C)c(/C(C(C)=O)=C(/O)c2ccccc2Cl)c1.CC.CC=O. The number of carbonyl (C=O) groups excluding carboxylic acids is 2. The van der Waals surface area contributed by atoms with E-state index in [0.717, 1.165) is 23.0 Å². The van der Waals surface area contributed by atoms with Crippen molar-refractivity contribution in [3.05, 3.63) is 76.3 Å². The Balaban J connectivity index is 0.00000133. The van der Waals surface area contributed by atoms with Crippen LogP contribution in [0.4, 0.5) is 0 Å². The Labute approximate surface area is 173 Å². The molecule has 1 N–H and O–H groups in total. The van der Waals surface area contributed by atoms with Crippen LogP contribution in [0, 0.1) is 6.92 Å². The van der Waals surface area contributed by atoms with Crippen LogP contribution in [0.2, 0.25) is 5.02 Å². The van der Waals surface area contributed by atoms with Gasteiger partial charge in [-0.25, -0.2) is 0 Å². The van der Waals surface area contributed by atoms with E-state index < -0.39 is 0 Å². The van der Waals surface area contributed by atoms with Crippen molar-refractivity contribution in [1.82, 2.24) is 0 Å². The Morgan fingerprint density at radius 3 is 2.07 bits per heavy atom. The van der Waals surface area contributed by atoms with Gasteiger partial charge in [0.05, 0.1) is 10.6 Å². The standard InChI is InChI=1S/C20H19ClO2.C2H4O.C2H6/c1-12(2)15-10-9-13(3)17(11-15)19(14(4)22)20(23)16-7-5-6-8-18(16)21;1-2-3;1-2/h5-11,23H,1H2,2-4H3;2H,1H3;1-2H3/b20-19+;;. The lowest BCUT2D eigenvalue weighted by molar-refractivity contribution is -0.111. The van der Waals surface area contributed by atoms with E-state index in [4.69, 9.17) is 16.4 Å². The first-order chi connectivity index (χ1) is 13.2. The van der Waals surface area contributed by atoms with Gasteiger partial charge in [0.1, 0.15) is 12.0 Å². The maximum atomic E-state index is 12.2. The first kappa shape index (κ1) is 25.4. The van der Waals surface area contributed by atoms with Crippen molar-refractivity contribution in [3.63, 3.8) is 0 Å². The molecule has 2 rings (SSSR count). The summed E-state index contributed by atoms with van der Waals surface area (Å²) < 4.78 is 0. The molecule has 0 aliphatic rings. The Morgan fingerprint density at radius 2 is 1.61 bits per heavy atom. The van der Waals surface area contributed by atoms with Crippen molar-refractivity contribution in [1.29, 1.82) is 0 Å². The number of hydrogen-bond donors (Lipinski definition) is 1. The molecular formula is C24H29ClO3.